The van der Waals surface area contributed by atoms with Crippen LogP contribution in [0.3, 0.4) is 0 Å². The fourth-order valence-electron chi connectivity index (χ4n) is 2.04. The first-order valence-corrected chi connectivity index (χ1v) is 6.89. The molecule has 1 aliphatic heterocycles. The molecule has 0 bridgehead atoms. The number of carbonyl (C=O) groups excluding carboxylic acids is 1. The summed E-state index contributed by atoms with van der Waals surface area (Å²) in [6, 6.07) is 10.5. The number of para-hydroxylation sites is 1. The Bertz CT molecular complexity index is 615. The maximum absolute atomic E-state index is 12.8. The van der Waals surface area contributed by atoms with Gasteiger partial charge in [0.2, 0.25) is 5.95 Å². The van der Waals surface area contributed by atoms with E-state index in [1.807, 2.05) is 24.3 Å². The fourth-order valence-corrected chi connectivity index (χ4v) is 3.03. The molecule has 0 spiro atoms. The summed E-state index contributed by atoms with van der Waals surface area (Å²) in [4.78, 5) is 18.8. The predicted molar refractivity (Wildman–Crippen MR) is 73.0 cm³/mol. The van der Waals surface area contributed by atoms with Gasteiger partial charge in [-0.25, -0.2) is 4.98 Å². The average Bonchev–Trinajstić information content (AvgIpc) is 2.47. The number of anilines is 1. The van der Waals surface area contributed by atoms with Gasteiger partial charge in [-0.2, -0.15) is 4.39 Å². The first kappa shape index (κ1) is 12.2. The van der Waals surface area contributed by atoms with Crippen molar-refractivity contribution in [3.63, 3.8) is 0 Å². The van der Waals surface area contributed by atoms with Gasteiger partial charge in [0.25, 0.3) is 5.91 Å². The monoisotopic (exact) mass is 274 g/mol. The number of aromatic nitrogens is 1. The van der Waals surface area contributed by atoms with E-state index in [2.05, 4.69) is 4.98 Å². The Labute approximate surface area is 114 Å². The molecular formula is C14H11FN2OS. The molecule has 0 N–H and O–H groups in total. The summed E-state index contributed by atoms with van der Waals surface area (Å²) in [7, 11) is 0. The predicted octanol–water partition coefficient (Wildman–Crippen LogP) is 2.97. The number of amides is 1. The van der Waals surface area contributed by atoms with E-state index in [0.717, 1.165) is 16.3 Å². The lowest BCUT2D eigenvalue weighted by Gasteiger charge is -2.28. The Balaban J connectivity index is 1.95. The molecule has 2 heterocycles. The first-order valence-electron chi connectivity index (χ1n) is 5.91. The van der Waals surface area contributed by atoms with Gasteiger partial charge < -0.3 is 4.90 Å². The van der Waals surface area contributed by atoms with E-state index in [1.165, 1.54) is 18.3 Å². The summed E-state index contributed by atoms with van der Waals surface area (Å²) in [5, 5.41) is 0. The van der Waals surface area contributed by atoms with E-state index >= 15 is 0 Å². The Morgan fingerprint density at radius 1 is 1.26 bits per heavy atom. The van der Waals surface area contributed by atoms with Crippen LogP contribution in [-0.4, -0.2) is 23.2 Å². The largest absolute Gasteiger partial charge is 0.306 e. The molecule has 0 atom stereocenters. The molecule has 1 aliphatic rings. The van der Waals surface area contributed by atoms with Crippen LogP contribution in [0.2, 0.25) is 0 Å². The van der Waals surface area contributed by atoms with Gasteiger partial charge in [-0.05, 0) is 24.3 Å². The van der Waals surface area contributed by atoms with E-state index in [1.54, 1.807) is 16.7 Å². The topological polar surface area (TPSA) is 33.2 Å². The summed E-state index contributed by atoms with van der Waals surface area (Å²) in [6.07, 6.45) is 1.28. The van der Waals surface area contributed by atoms with Gasteiger partial charge in [-0.1, -0.05) is 12.1 Å². The quantitative estimate of drug-likeness (QED) is 0.750. The van der Waals surface area contributed by atoms with Crippen LogP contribution >= 0.6 is 11.8 Å². The summed E-state index contributed by atoms with van der Waals surface area (Å²) < 4.78 is 12.8. The third-order valence-electron chi connectivity index (χ3n) is 2.95. The lowest BCUT2D eigenvalue weighted by molar-refractivity contribution is 0.0987. The molecule has 5 heteroatoms. The van der Waals surface area contributed by atoms with Gasteiger partial charge >= 0.3 is 0 Å². The van der Waals surface area contributed by atoms with Crippen LogP contribution in [0, 0.1) is 5.95 Å². The van der Waals surface area contributed by atoms with Crippen LogP contribution < -0.4 is 4.90 Å². The summed E-state index contributed by atoms with van der Waals surface area (Å²) in [5.41, 5.74) is 1.32. The number of thioether (sulfide) groups is 1. The number of hydrogen-bond acceptors (Lipinski definition) is 3. The van der Waals surface area contributed by atoms with Crippen LogP contribution in [0.1, 0.15) is 10.4 Å². The Hall–Kier alpha value is -1.88. The van der Waals surface area contributed by atoms with Crippen LogP contribution in [0.25, 0.3) is 0 Å². The standard InChI is InChI=1S/C14H11FN2OS/c15-13-6-5-10(9-16-13)14(18)17-7-8-19-12-4-2-1-3-11(12)17/h1-6,9H,7-8H2. The van der Waals surface area contributed by atoms with Gasteiger partial charge in [-0.3, -0.25) is 4.79 Å². The van der Waals surface area contributed by atoms with Crippen molar-refractivity contribution in [2.24, 2.45) is 0 Å². The normalized spacial score (nSPS) is 14.1. The van der Waals surface area contributed by atoms with Crippen molar-refractivity contribution in [3.8, 4) is 0 Å². The third-order valence-corrected chi connectivity index (χ3v) is 3.99. The highest BCUT2D eigenvalue weighted by atomic mass is 32.2. The molecule has 19 heavy (non-hydrogen) atoms. The molecule has 2 aromatic rings. The lowest BCUT2D eigenvalue weighted by Crippen LogP contribution is -2.35. The molecule has 0 unspecified atom stereocenters. The SMILES string of the molecule is O=C(c1ccc(F)nc1)N1CCSc2ccccc21. The molecule has 0 aliphatic carbocycles. The van der Waals surface area contributed by atoms with Gasteiger partial charge in [0.05, 0.1) is 11.3 Å². The highest BCUT2D eigenvalue weighted by Crippen LogP contribution is 2.34. The number of nitrogens with zero attached hydrogens (tertiary/aromatic N) is 2. The third kappa shape index (κ3) is 2.33. The molecule has 96 valence electrons. The molecule has 0 saturated heterocycles. The van der Waals surface area contributed by atoms with Crippen LogP contribution in [-0.2, 0) is 0 Å². The molecular weight excluding hydrogens is 263 g/mol. The zero-order chi connectivity index (χ0) is 13.2. The van der Waals surface area contributed by atoms with Gasteiger partial charge in [0.1, 0.15) is 0 Å². The van der Waals surface area contributed by atoms with E-state index in [9.17, 15) is 9.18 Å². The molecule has 0 radical (unpaired) electrons. The summed E-state index contributed by atoms with van der Waals surface area (Å²) in [6.45, 7) is 0.651. The Morgan fingerprint density at radius 3 is 2.89 bits per heavy atom. The zero-order valence-electron chi connectivity index (χ0n) is 10.0. The van der Waals surface area contributed by atoms with Gasteiger partial charge in [-0.15, -0.1) is 11.8 Å². The number of rotatable bonds is 1. The Kier molecular flexibility index (Phi) is 3.21. The number of halogens is 1. The molecule has 0 saturated carbocycles. The van der Waals surface area contributed by atoms with Crippen molar-refractivity contribution in [1.29, 1.82) is 0 Å². The lowest BCUT2D eigenvalue weighted by atomic mass is 10.2. The zero-order valence-corrected chi connectivity index (χ0v) is 10.9. The first-order chi connectivity index (χ1) is 9.25. The second-order valence-corrected chi connectivity index (χ2v) is 5.28. The van der Waals surface area contributed by atoms with E-state index in [-0.39, 0.29) is 5.91 Å². The molecule has 1 aromatic carbocycles. The minimum absolute atomic E-state index is 0.139. The fraction of sp³-hybridized carbons (Fsp3) is 0.143. The molecule has 1 amide bonds. The second-order valence-electron chi connectivity index (χ2n) is 4.14. The summed E-state index contributed by atoms with van der Waals surface area (Å²) in [5.74, 6) is 0.142. The average molecular weight is 274 g/mol. The number of benzene rings is 1. The second kappa shape index (κ2) is 5.01. The highest BCUT2D eigenvalue weighted by molar-refractivity contribution is 7.99. The van der Waals surface area contributed by atoms with E-state index in [4.69, 9.17) is 0 Å². The maximum atomic E-state index is 12.8. The van der Waals surface area contributed by atoms with Crippen molar-refractivity contribution in [2.75, 3.05) is 17.2 Å². The minimum Gasteiger partial charge on any atom is -0.306 e. The van der Waals surface area contributed by atoms with Gasteiger partial charge in [0.15, 0.2) is 0 Å². The number of fused-ring (bicyclic) bond motifs is 1. The number of hydrogen-bond donors (Lipinski definition) is 0. The summed E-state index contributed by atoms with van der Waals surface area (Å²) >= 11 is 1.74. The van der Waals surface area contributed by atoms with Crippen molar-refractivity contribution in [2.45, 2.75) is 4.90 Å². The van der Waals surface area contributed by atoms with E-state index < -0.39 is 5.95 Å². The van der Waals surface area contributed by atoms with Crippen LogP contribution in [0.15, 0.2) is 47.5 Å². The molecule has 1 aromatic heterocycles. The minimum atomic E-state index is -0.578. The molecule has 0 fully saturated rings. The highest BCUT2D eigenvalue weighted by Gasteiger charge is 2.23. The van der Waals surface area contributed by atoms with Gasteiger partial charge in [0, 0.05) is 23.4 Å². The number of carbonyl (C=O) groups is 1. The van der Waals surface area contributed by atoms with Crippen molar-refractivity contribution >= 4 is 23.4 Å². The maximum Gasteiger partial charge on any atom is 0.259 e. The smallest absolute Gasteiger partial charge is 0.259 e. The van der Waals surface area contributed by atoms with Crippen molar-refractivity contribution < 1.29 is 9.18 Å². The molecule has 3 nitrogen and oxygen atoms in total. The van der Waals surface area contributed by atoms with Crippen molar-refractivity contribution in [1.82, 2.24) is 4.98 Å². The van der Waals surface area contributed by atoms with Crippen LogP contribution in [0.5, 0.6) is 0 Å². The van der Waals surface area contributed by atoms with Crippen molar-refractivity contribution in [3.05, 3.63) is 54.1 Å². The number of pyridine rings is 1. The van der Waals surface area contributed by atoms with Crippen LogP contribution in [0.4, 0.5) is 10.1 Å². The molecule has 3 rings (SSSR count). The van der Waals surface area contributed by atoms with E-state index in [0.29, 0.717) is 12.1 Å². The Morgan fingerprint density at radius 2 is 2.11 bits per heavy atom.